The van der Waals surface area contributed by atoms with Gasteiger partial charge in [0.2, 0.25) is 0 Å². The van der Waals surface area contributed by atoms with E-state index in [9.17, 15) is 4.79 Å². The molecule has 0 bridgehead atoms. The van der Waals surface area contributed by atoms with Gasteiger partial charge in [0.05, 0.1) is 24.9 Å². The molecule has 0 aromatic heterocycles. The SMILES string of the molecule is CCOc1cc(CC2CC3(CC(C4CCC(C)(C(=O)OC)CC4)=C(C)O3)C2)c(C2CC2)cc1C1CCC(C)(C)CC1. The van der Waals surface area contributed by atoms with E-state index in [4.69, 9.17) is 14.2 Å². The third-order valence-corrected chi connectivity index (χ3v) is 11.8. The van der Waals surface area contributed by atoms with E-state index in [1.165, 1.54) is 68.3 Å². The number of esters is 1. The maximum Gasteiger partial charge on any atom is 0.311 e. The van der Waals surface area contributed by atoms with Gasteiger partial charge in [0.15, 0.2) is 0 Å². The molecule has 6 rings (SSSR count). The second-order valence-corrected chi connectivity index (χ2v) is 15.6. The van der Waals surface area contributed by atoms with Crippen LogP contribution in [0.25, 0.3) is 0 Å². The Balaban J connectivity index is 1.11. The van der Waals surface area contributed by atoms with E-state index in [0.717, 1.165) is 63.9 Å². The normalized spacial score (nSPS) is 31.1. The molecule has 1 heterocycles. The minimum absolute atomic E-state index is 0.0184. The second-order valence-electron chi connectivity index (χ2n) is 15.6. The zero-order valence-corrected chi connectivity index (χ0v) is 26.7. The molecular weight excluding hydrogens is 508 g/mol. The van der Waals surface area contributed by atoms with Crippen molar-refractivity contribution in [1.29, 1.82) is 0 Å². The third kappa shape index (κ3) is 5.83. The Morgan fingerprint density at radius 3 is 2.15 bits per heavy atom. The molecule has 4 saturated carbocycles. The fraction of sp³-hybridized carbons (Fsp3) is 0.757. The zero-order valence-electron chi connectivity index (χ0n) is 26.7. The van der Waals surface area contributed by atoms with Gasteiger partial charge in [-0.3, -0.25) is 4.79 Å². The lowest BCUT2D eigenvalue weighted by Crippen LogP contribution is -2.45. The Kier molecular flexibility index (Phi) is 7.77. The highest BCUT2D eigenvalue weighted by molar-refractivity contribution is 5.76. The lowest BCUT2D eigenvalue weighted by atomic mass is 9.64. The predicted molar refractivity (Wildman–Crippen MR) is 164 cm³/mol. The van der Waals surface area contributed by atoms with Crippen LogP contribution in [-0.4, -0.2) is 25.3 Å². The summed E-state index contributed by atoms with van der Waals surface area (Å²) in [6.07, 6.45) is 16.4. The van der Waals surface area contributed by atoms with Crippen LogP contribution >= 0.6 is 0 Å². The highest BCUT2D eigenvalue weighted by atomic mass is 16.5. The van der Waals surface area contributed by atoms with Gasteiger partial charge in [-0.15, -0.1) is 0 Å². The second kappa shape index (κ2) is 10.9. The average Bonchev–Trinajstić information content (AvgIpc) is 3.71. The smallest absolute Gasteiger partial charge is 0.311 e. The Labute approximate surface area is 249 Å². The van der Waals surface area contributed by atoms with Crippen molar-refractivity contribution in [3.63, 3.8) is 0 Å². The van der Waals surface area contributed by atoms with Gasteiger partial charge in [-0.2, -0.15) is 0 Å². The number of allylic oxidation sites excluding steroid dienone is 1. The van der Waals surface area contributed by atoms with Crippen LogP contribution in [0, 0.1) is 22.7 Å². The summed E-state index contributed by atoms with van der Waals surface area (Å²) in [6, 6.07) is 5.05. The summed E-state index contributed by atoms with van der Waals surface area (Å²) in [5, 5.41) is 0. The lowest BCUT2D eigenvalue weighted by Gasteiger charge is -2.45. The van der Waals surface area contributed by atoms with Gasteiger partial charge in [0, 0.05) is 6.42 Å². The van der Waals surface area contributed by atoms with Crippen molar-refractivity contribution in [3.8, 4) is 5.75 Å². The molecule has 0 saturated heterocycles. The number of carbonyl (C=O) groups excluding carboxylic acids is 1. The summed E-state index contributed by atoms with van der Waals surface area (Å²) >= 11 is 0. The molecule has 0 radical (unpaired) electrons. The Bertz CT molecular complexity index is 1160. The van der Waals surface area contributed by atoms with Gasteiger partial charge in [0.25, 0.3) is 0 Å². The maximum absolute atomic E-state index is 12.3. The minimum Gasteiger partial charge on any atom is -0.494 e. The van der Waals surface area contributed by atoms with Gasteiger partial charge < -0.3 is 14.2 Å². The van der Waals surface area contributed by atoms with E-state index < -0.39 is 0 Å². The van der Waals surface area contributed by atoms with E-state index in [2.05, 4.69) is 46.8 Å². The molecule has 4 nitrogen and oxygen atoms in total. The summed E-state index contributed by atoms with van der Waals surface area (Å²) in [6.45, 7) is 12.0. The quantitative estimate of drug-likeness (QED) is 0.296. The molecule has 4 heteroatoms. The van der Waals surface area contributed by atoms with E-state index in [0.29, 0.717) is 23.2 Å². The molecule has 4 aliphatic carbocycles. The van der Waals surface area contributed by atoms with Crippen LogP contribution in [0.15, 0.2) is 23.5 Å². The molecule has 41 heavy (non-hydrogen) atoms. The number of hydrogen-bond acceptors (Lipinski definition) is 4. The van der Waals surface area contributed by atoms with Crippen LogP contribution in [0.5, 0.6) is 5.75 Å². The fourth-order valence-electron chi connectivity index (χ4n) is 8.98. The standard InChI is InChI=1S/C37H54O4/c1-7-40-33-19-29(30(26-8-9-26)20-31(33)27-10-14-35(3,4)15-11-27)18-25-21-37(22-25)23-32(24(2)41-37)28-12-16-36(5,17-13-28)34(38)39-6/h19-20,25-28H,7-18,21-23H2,1-6H3. The first-order valence-electron chi connectivity index (χ1n) is 16.8. The highest BCUT2D eigenvalue weighted by Gasteiger charge is 2.52. The molecule has 0 atom stereocenters. The number of methoxy groups -OCH3 is 1. The molecule has 0 amide bonds. The summed E-state index contributed by atoms with van der Waals surface area (Å²) < 4.78 is 18.1. The largest absolute Gasteiger partial charge is 0.494 e. The molecular formula is C37H54O4. The van der Waals surface area contributed by atoms with Crippen molar-refractivity contribution in [2.24, 2.45) is 22.7 Å². The molecule has 0 N–H and O–H groups in total. The molecule has 5 aliphatic rings. The van der Waals surface area contributed by atoms with Gasteiger partial charge >= 0.3 is 5.97 Å². The van der Waals surface area contributed by atoms with E-state index in [-0.39, 0.29) is 17.0 Å². The monoisotopic (exact) mass is 562 g/mol. The first kappa shape index (κ1) is 29.1. The van der Waals surface area contributed by atoms with Gasteiger partial charge in [-0.05, 0) is 162 Å². The first-order chi connectivity index (χ1) is 19.5. The van der Waals surface area contributed by atoms with Gasteiger partial charge in [-0.1, -0.05) is 19.9 Å². The number of rotatable bonds is 8. The van der Waals surface area contributed by atoms with Crippen molar-refractivity contribution in [2.45, 2.75) is 142 Å². The van der Waals surface area contributed by atoms with Crippen LogP contribution < -0.4 is 4.74 Å². The highest BCUT2D eigenvalue weighted by Crippen LogP contribution is 2.56. The summed E-state index contributed by atoms with van der Waals surface area (Å²) in [5.74, 6) is 4.94. The Hall–Kier alpha value is -1.97. The summed E-state index contributed by atoms with van der Waals surface area (Å²) in [5.41, 5.74) is 6.40. The van der Waals surface area contributed by atoms with Gasteiger partial charge in [0.1, 0.15) is 11.4 Å². The third-order valence-electron chi connectivity index (χ3n) is 11.8. The van der Waals surface area contributed by atoms with Crippen molar-refractivity contribution >= 4 is 5.97 Å². The molecule has 1 aromatic rings. The number of carbonyl (C=O) groups is 1. The van der Waals surface area contributed by atoms with E-state index in [1.54, 1.807) is 11.1 Å². The molecule has 4 fully saturated rings. The molecule has 1 aliphatic heterocycles. The number of hydrogen-bond donors (Lipinski definition) is 0. The number of ether oxygens (including phenoxy) is 3. The molecule has 1 aromatic carbocycles. The van der Waals surface area contributed by atoms with Crippen LogP contribution in [0.1, 0.15) is 147 Å². The van der Waals surface area contributed by atoms with E-state index in [1.807, 2.05) is 0 Å². The number of benzene rings is 1. The topological polar surface area (TPSA) is 44.8 Å². The minimum atomic E-state index is -0.318. The van der Waals surface area contributed by atoms with E-state index >= 15 is 0 Å². The van der Waals surface area contributed by atoms with Crippen LogP contribution in [0.4, 0.5) is 0 Å². The first-order valence-corrected chi connectivity index (χ1v) is 16.8. The maximum atomic E-state index is 12.3. The van der Waals surface area contributed by atoms with Crippen molar-refractivity contribution in [2.75, 3.05) is 13.7 Å². The lowest BCUT2D eigenvalue weighted by molar-refractivity contribution is -0.154. The predicted octanol–water partition coefficient (Wildman–Crippen LogP) is 9.40. The van der Waals surface area contributed by atoms with Gasteiger partial charge in [-0.25, -0.2) is 0 Å². The molecule has 0 unspecified atom stereocenters. The van der Waals surface area contributed by atoms with Crippen molar-refractivity contribution < 1.29 is 19.0 Å². The van der Waals surface area contributed by atoms with Crippen LogP contribution in [0.3, 0.4) is 0 Å². The summed E-state index contributed by atoms with van der Waals surface area (Å²) in [4.78, 5) is 12.3. The fourth-order valence-corrected chi connectivity index (χ4v) is 8.98. The summed E-state index contributed by atoms with van der Waals surface area (Å²) in [7, 11) is 1.52. The molecule has 226 valence electrons. The van der Waals surface area contributed by atoms with Crippen LogP contribution in [-0.2, 0) is 20.7 Å². The Morgan fingerprint density at radius 2 is 1.54 bits per heavy atom. The Morgan fingerprint density at radius 1 is 0.902 bits per heavy atom. The average molecular weight is 563 g/mol. The molecule has 1 spiro atoms. The zero-order chi connectivity index (χ0) is 29.0. The van der Waals surface area contributed by atoms with Crippen LogP contribution in [0.2, 0.25) is 0 Å². The van der Waals surface area contributed by atoms with Crippen molar-refractivity contribution in [3.05, 3.63) is 40.2 Å². The van der Waals surface area contributed by atoms with Crippen molar-refractivity contribution in [1.82, 2.24) is 0 Å².